The number of nitrogens with one attached hydrogen (secondary N) is 1. The smallest absolute Gasteiger partial charge is 0.0540 e. The number of benzene rings is 1. The predicted molar refractivity (Wildman–Crippen MR) is 86.7 cm³/mol. The first-order chi connectivity index (χ1) is 10.0. The molecule has 0 bridgehead atoms. The molecule has 1 aliphatic carbocycles. The molecule has 3 rings (SSSR count). The molecule has 1 aromatic heterocycles. The van der Waals surface area contributed by atoms with Crippen LogP contribution < -0.4 is 5.32 Å². The molecule has 0 spiro atoms. The maximum absolute atomic E-state index is 5.94. The van der Waals surface area contributed by atoms with Crippen LogP contribution in [0, 0.1) is 6.92 Å². The Morgan fingerprint density at radius 1 is 1.29 bits per heavy atom. The van der Waals surface area contributed by atoms with E-state index in [1.54, 1.807) is 0 Å². The van der Waals surface area contributed by atoms with E-state index in [-0.39, 0.29) is 0 Å². The minimum absolute atomic E-state index is 0.356. The summed E-state index contributed by atoms with van der Waals surface area (Å²) in [6.45, 7) is 4.34. The minimum Gasteiger partial charge on any atom is -0.307 e. The van der Waals surface area contributed by atoms with Crippen LogP contribution in [0.25, 0.3) is 0 Å². The molecule has 1 unspecified atom stereocenters. The van der Waals surface area contributed by atoms with Gasteiger partial charge in [0.15, 0.2) is 0 Å². The lowest BCUT2D eigenvalue weighted by molar-refractivity contribution is 0.270. The molecule has 0 amide bonds. The third-order valence-electron chi connectivity index (χ3n) is 4.70. The first-order valence-electron chi connectivity index (χ1n) is 7.54. The molecule has 0 saturated heterocycles. The summed E-state index contributed by atoms with van der Waals surface area (Å²) >= 11 is 5.94. The van der Waals surface area contributed by atoms with Gasteiger partial charge in [-0.1, -0.05) is 23.7 Å². The Bertz CT molecular complexity index is 611. The second-order valence-corrected chi connectivity index (χ2v) is 6.55. The van der Waals surface area contributed by atoms with Crippen LogP contribution in [0.15, 0.2) is 30.5 Å². The van der Waals surface area contributed by atoms with Crippen LogP contribution in [0.5, 0.6) is 0 Å². The molecule has 1 saturated carbocycles. The predicted octanol–water partition coefficient (Wildman–Crippen LogP) is 3.98. The maximum Gasteiger partial charge on any atom is 0.0540 e. The number of rotatable bonds is 4. The highest BCUT2D eigenvalue weighted by Crippen LogP contribution is 2.38. The van der Waals surface area contributed by atoms with Gasteiger partial charge < -0.3 is 5.32 Å². The van der Waals surface area contributed by atoms with Crippen LogP contribution in [0.4, 0.5) is 0 Å². The highest BCUT2D eigenvalue weighted by atomic mass is 35.5. The Balaban J connectivity index is 1.55. The van der Waals surface area contributed by atoms with Gasteiger partial charge >= 0.3 is 0 Å². The first kappa shape index (κ1) is 14.6. The monoisotopic (exact) mass is 303 g/mol. The molecule has 1 aromatic carbocycles. The quantitative estimate of drug-likeness (QED) is 0.926. The average Bonchev–Trinajstić information content (AvgIpc) is 2.75. The van der Waals surface area contributed by atoms with E-state index < -0.39 is 0 Å². The van der Waals surface area contributed by atoms with Crippen molar-refractivity contribution in [1.82, 2.24) is 15.1 Å². The van der Waals surface area contributed by atoms with E-state index in [4.69, 9.17) is 11.6 Å². The standard InChI is InChI=1S/C17H22ClN3/c1-11(17-10-19-21(3)12(17)2)20-16-8-14(9-16)13-4-6-15(18)7-5-13/h4-7,10-11,14,16,20H,8-9H2,1-3H3. The molecule has 21 heavy (non-hydrogen) atoms. The van der Waals surface area contributed by atoms with Crippen molar-refractivity contribution >= 4 is 11.6 Å². The molecule has 3 nitrogen and oxygen atoms in total. The van der Waals surface area contributed by atoms with E-state index in [0.717, 1.165) is 5.02 Å². The summed E-state index contributed by atoms with van der Waals surface area (Å²) in [7, 11) is 1.99. The molecular weight excluding hydrogens is 282 g/mol. The molecule has 4 heteroatoms. The zero-order valence-electron chi connectivity index (χ0n) is 12.8. The van der Waals surface area contributed by atoms with E-state index in [9.17, 15) is 0 Å². The van der Waals surface area contributed by atoms with Gasteiger partial charge in [-0.2, -0.15) is 5.10 Å². The van der Waals surface area contributed by atoms with Crippen molar-refractivity contribution in [3.8, 4) is 0 Å². The zero-order chi connectivity index (χ0) is 15.0. The SMILES string of the molecule is Cc1c(C(C)NC2CC(c3ccc(Cl)cc3)C2)cnn1C. The second kappa shape index (κ2) is 5.82. The van der Waals surface area contributed by atoms with Gasteiger partial charge in [-0.15, -0.1) is 0 Å². The highest BCUT2D eigenvalue weighted by Gasteiger charge is 2.31. The van der Waals surface area contributed by atoms with E-state index in [1.807, 2.05) is 30.1 Å². The van der Waals surface area contributed by atoms with Crippen LogP contribution in [0.2, 0.25) is 5.02 Å². The van der Waals surface area contributed by atoms with Gasteiger partial charge in [0.05, 0.1) is 6.20 Å². The Labute approximate surface area is 131 Å². The first-order valence-corrected chi connectivity index (χ1v) is 7.92. The number of hydrogen-bond donors (Lipinski definition) is 1. The molecule has 2 aromatic rings. The molecule has 1 heterocycles. The molecule has 1 aliphatic rings. The number of aromatic nitrogens is 2. The fourth-order valence-electron chi connectivity index (χ4n) is 3.15. The molecule has 1 N–H and O–H groups in total. The van der Waals surface area contributed by atoms with Crippen molar-refractivity contribution in [2.24, 2.45) is 7.05 Å². The Morgan fingerprint density at radius 2 is 1.95 bits per heavy atom. The summed E-state index contributed by atoms with van der Waals surface area (Å²) in [5.41, 5.74) is 3.94. The topological polar surface area (TPSA) is 29.9 Å². The number of hydrogen-bond acceptors (Lipinski definition) is 2. The van der Waals surface area contributed by atoms with Gasteiger partial charge in [0.2, 0.25) is 0 Å². The van der Waals surface area contributed by atoms with E-state index in [2.05, 4.69) is 36.4 Å². The lowest BCUT2D eigenvalue weighted by Gasteiger charge is -2.38. The normalized spacial score (nSPS) is 22.9. The summed E-state index contributed by atoms with van der Waals surface area (Å²) < 4.78 is 1.94. The summed E-state index contributed by atoms with van der Waals surface area (Å²) in [4.78, 5) is 0. The molecule has 112 valence electrons. The molecular formula is C17H22ClN3. The minimum atomic E-state index is 0.356. The molecule has 0 aliphatic heterocycles. The largest absolute Gasteiger partial charge is 0.307 e. The van der Waals surface area contributed by atoms with Crippen LogP contribution >= 0.6 is 11.6 Å². The fraction of sp³-hybridized carbons (Fsp3) is 0.471. The molecule has 1 fully saturated rings. The van der Waals surface area contributed by atoms with Crippen molar-refractivity contribution < 1.29 is 0 Å². The van der Waals surface area contributed by atoms with Crippen LogP contribution in [-0.4, -0.2) is 15.8 Å². The third kappa shape index (κ3) is 2.99. The Kier molecular flexibility index (Phi) is 4.05. The van der Waals surface area contributed by atoms with Crippen molar-refractivity contribution in [1.29, 1.82) is 0 Å². The average molecular weight is 304 g/mol. The molecule has 1 atom stereocenters. The maximum atomic E-state index is 5.94. The van der Waals surface area contributed by atoms with Crippen LogP contribution in [0.3, 0.4) is 0 Å². The second-order valence-electron chi connectivity index (χ2n) is 6.11. The zero-order valence-corrected chi connectivity index (χ0v) is 13.6. The van der Waals surface area contributed by atoms with Crippen molar-refractivity contribution in [2.45, 2.75) is 44.7 Å². The summed E-state index contributed by atoms with van der Waals surface area (Å²) in [6.07, 6.45) is 4.37. The van der Waals surface area contributed by atoms with Crippen LogP contribution in [0.1, 0.15) is 48.5 Å². The third-order valence-corrected chi connectivity index (χ3v) is 4.96. The Hall–Kier alpha value is -1.32. The lowest BCUT2D eigenvalue weighted by atomic mass is 9.75. The molecule has 0 radical (unpaired) electrons. The van der Waals surface area contributed by atoms with E-state index >= 15 is 0 Å². The summed E-state index contributed by atoms with van der Waals surface area (Å²) in [6, 6.07) is 9.23. The van der Waals surface area contributed by atoms with E-state index in [1.165, 1.54) is 29.7 Å². The van der Waals surface area contributed by atoms with Gasteiger partial charge in [-0.05, 0) is 50.3 Å². The van der Waals surface area contributed by atoms with Crippen molar-refractivity contribution in [3.05, 3.63) is 52.3 Å². The van der Waals surface area contributed by atoms with Gasteiger partial charge in [0.25, 0.3) is 0 Å². The number of halogens is 1. The van der Waals surface area contributed by atoms with Crippen molar-refractivity contribution in [3.63, 3.8) is 0 Å². The van der Waals surface area contributed by atoms with Gasteiger partial charge in [0.1, 0.15) is 0 Å². The van der Waals surface area contributed by atoms with Crippen molar-refractivity contribution in [2.75, 3.05) is 0 Å². The lowest BCUT2D eigenvalue weighted by Crippen LogP contribution is -2.41. The summed E-state index contributed by atoms with van der Waals surface area (Å²) in [5, 5.41) is 8.86. The van der Waals surface area contributed by atoms with Gasteiger partial charge in [-0.3, -0.25) is 4.68 Å². The number of nitrogens with zero attached hydrogens (tertiary/aromatic N) is 2. The highest BCUT2D eigenvalue weighted by molar-refractivity contribution is 6.30. The van der Waals surface area contributed by atoms with Gasteiger partial charge in [-0.25, -0.2) is 0 Å². The van der Waals surface area contributed by atoms with Gasteiger partial charge in [0, 0.05) is 35.4 Å². The number of aryl methyl sites for hydroxylation is 1. The fourth-order valence-corrected chi connectivity index (χ4v) is 3.27. The Morgan fingerprint density at radius 3 is 2.52 bits per heavy atom. The van der Waals surface area contributed by atoms with E-state index in [0.29, 0.717) is 18.0 Å². The van der Waals surface area contributed by atoms with Crippen LogP contribution in [-0.2, 0) is 7.05 Å². The summed E-state index contributed by atoms with van der Waals surface area (Å²) in [5.74, 6) is 0.668.